The predicted octanol–water partition coefficient (Wildman–Crippen LogP) is 7.09. The van der Waals surface area contributed by atoms with Crippen LogP contribution in [0.4, 0.5) is 4.79 Å². The molecule has 0 radical (unpaired) electrons. The van der Waals surface area contributed by atoms with Crippen LogP contribution >= 0.6 is 11.3 Å². The van der Waals surface area contributed by atoms with Crippen LogP contribution < -0.4 is 19.5 Å². The fraction of sp³-hybridized carbons (Fsp3) is 0.591. The van der Waals surface area contributed by atoms with Gasteiger partial charge in [0.1, 0.15) is 39.9 Å². The molecule has 14 nitrogen and oxygen atoms in total. The molecule has 326 valence electrons. The van der Waals surface area contributed by atoms with Crippen molar-refractivity contribution in [3.63, 3.8) is 0 Å². The number of hydrogen-bond acceptors (Lipinski definition) is 12. The summed E-state index contributed by atoms with van der Waals surface area (Å²) >= 11 is 1.47. The summed E-state index contributed by atoms with van der Waals surface area (Å²) in [6.07, 6.45) is 0.870. The van der Waals surface area contributed by atoms with Gasteiger partial charge < -0.3 is 24.4 Å². The summed E-state index contributed by atoms with van der Waals surface area (Å²) in [6, 6.07) is 3.29. The molecule has 3 heterocycles. The van der Waals surface area contributed by atoms with E-state index in [9.17, 15) is 27.6 Å². The molecule has 1 aromatic carbocycles. The predicted molar refractivity (Wildman–Crippen MR) is 230 cm³/mol. The van der Waals surface area contributed by atoms with E-state index < -0.39 is 85.4 Å². The number of thiazole rings is 1. The summed E-state index contributed by atoms with van der Waals surface area (Å²) in [4.78, 5) is 68.1. The van der Waals surface area contributed by atoms with Gasteiger partial charge in [-0.05, 0) is 76.3 Å². The number of Topliss-reactive ketones (excluding diaryl/α,β-unsaturated/α-hetero) is 1. The van der Waals surface area contributed by atoms with Crippen molar-refractivity contribution < 1.29 is 41.8 Å². The molecule has 2 N–H and O–H groups in total. The molecular formula is C44H59N5O9S2. The van der Waals surface area contributed by atoms with Crippen LogP contribution in [0.5, 0.6) is 11.5 Å². The minimum absolute atomic E-state index is 0.0395. The molecule has 3 aliphatic rings. The van der Waals surface area contributed by atoms with Gasteiger partial charge >= 0.3 is 6.09 Å². The van der Waals surface area contributed by atoms with E-state index in [1.54, 1.807) is 54.7 Å². The lowest BCUT2D eigenvalue weighted by Gasteiger charge is -2.36. The standard InChI is InChI=1S/C44H59N5O9S2/c1-13-26-19-44(26,40(52)48-60(54,55)27-14-15-27)20-31(50)36-25(5)34(21-49(36)39(51)37(42(6,7)8)47-41(53)58-43(9,10)11)57-33-18-29(38-46-30(22-59-38)23(2)3)45-35-24(4)32(56-12)17-16-28(33)35/h13,16-18,22-23,25-27,34,36-37H,1,14-15,19-21H2,2-12H3,(H,47,53)(H,48,52)/t25?,26-,34+,36+,37-,44-/m1/s1. The molecule has 6 rings (SSSR count). The second-order valence-corrected chi connectivity index (χ2v) is 21.8. The van der Waals surface area contributed by atoms with E-state index in [-0.39, 0.29) is 25.3 Å². The summed E-state index contributed by atoms with van der Waals surface area (Å²) in [5, 5.41) is 5.53. The largest absolute Gasteiger partial charge is 0.496 e. The zero-order chi connectivity index (χ0) is 44.3. The molecule has 1 saturated heterocycles. The molecule has 2 saturated carbocycles. The number of methoxy groups -OCH3 is 1. The number of amides is 3. The first kappa shape index (κ1) is 45.0. The topological polar surface area (TPSA) is 183 Å². The third-order valence-corrected chi connectivity index (χ3v) is 14.4. The van der Waals surface area contributed by atoms with E-state index in [0.717, 1.165) is 11.3 Å². The van der Waals surface area contributed by atoms with Crippen molar-refractivity contribution in [2.75, 3.05) is 13.7 Å². The zero-order valence-electron chi connectivity index (χ0n) is 36.5. The highest BCUT2D eigenvalue weighted by atomic mass is 32.2. The molecular weight excluding hydrogens is 807 g/mol. The first-order valence-electron chi connectivity index (χ1n) is 20.5. The Morgan fingerprint density at radius 1 is 1.08 bits per heavy atom. The summed E-state index contributed by atoms with van der Waals surface area (Å²) in [5.74, 6) is -1.45. The van der Waals surface area contributed by atoms with E-state index >= 15 is 0 Å². The van der Waals surface area contributed by atoms with Crippen LogP contribution in [0.1, 0.15) is 105 Å². The number of benzene rings is 1. The average molecular weight is 866 g/mol. The Labute approximate surface area is 357 Å². The summed E-state index contributed by atoms with van der Waals surface area (Å²) in [5.41, 5.74) is -0.0650. The number of aryl methyl sites for hydroxylation is 1. The van der Waals surface area contributed by atoms with Crippen molar-refractivity contribution in [2.24, 2.45) is 22.7 Å². The number of alkyl carbamates (subject to hydrolysis) is 1. The summed E-state index contributed by atoms with van der Waals surface area (Å²) < 4.78 is 46.1. The first-order valence-corrected chi connectivity index (χ1v) is 23.0. The van der Waals surface area contributed by atoms with Crippen LogP contribution in [0, 0.1) is 29.6 Å². The van der Waals surface area contributed by atoms with Gasteiger partial charge in [-0.2, -0.15) is 0 Å². The van der Waals surface area contributed by atoms with E-state index in [2.05, 4.69) is 30.5 Å². The number of ether oxygens (including phenoxy) is 3. The Morgan fingerprint density at radius 2 is 1.77 bits per heavy atom. The van der Waals surface area contributed by atoms with Gasteiger partial charge in [-0.15, -0.1) is 17.9 Å². The van der Waals surface area contributed by atoms with E-state index in [1.807, 2.05) is 37.4 Å². The first-order chi connectivity index (χ1) is 27.9. The number of fused-ring (bicyclic) bond motifs is 1. The molecule has 2 aliphatic carbocycles. The second kappa shape index (κ2) is 16.4. The number of allylic oxidation sites excluding steroid dienone is 1. The number of hydrogen-bond donors (Lipinski definition) is 2. The SMILES string of the molecule is C=C[C@@H]1C[C@]1(CC(=O)[C@@H]1C(C)[C@@H](Oc2cc(-c3nc(C(C)C)cs3)nc3c(C)c(OC)ccc23)CN1C(=O)[C@@H](NC(=O)OC(C)(C)C)C(C)(C)C)C(=O)NS(=O)(=O)C1CC1. The third-order valence-electron chi connectivity index (χ3n) is 11.7. The highest BCUT2D eigenvalue weighted by Crippen LogP contribution is 2.57. The number of nitrogens with one attached hydrogen (secondary N) is 2. The van der Waals surface area contributed by atoms with Crippen LogP contribution in [0.2, 0.25) is 0 Å². The van der Waals surface area contributed by atoms with Crippen LogP contribution in [-0.4, -0.2) is 89.7 Å². The molecule has 2 aromatic heterocycles. The number of pyridine rings is 1. The van der Waals surface area contributed by atoms with Crippen LogP contribution in [-0.2, 0) is 29.1 Å². The normalized spacial score (nSPS) is 23.6. The highest BCUT2D eigenvalue weighted by Gasteiger charge is 2.62. The lowest BCUT2D eigenvalue weighted by atomic mass is 9.84. The summed E-state index contributed by atoms with van der Waals surface area (Å²) in [6.45, 7) is 22.3. The Hall–Kier alpha value is -4.57. The molecule has 3 fully saturated rings. The van der Waals surface area contributed by atoms with Crippen molar-refractivity contribution in [1.82, 2.24) is 24.9 Å². The lowest BCUT2D eigenvalue weighted by Crippen LogP contribution is -2.58. The van der Waals surface area contributed by atoms with E-state index in [0.29, 0.717) is 45.9 Å². The maximum absolute atomic E-state index is 14.9. The van der Waals surface area contributed by atoms with Crippen LogP contribution in [0.3, 0.4) is 0 Å². The molecule has 1 aliphatic heterocycles. The molecule has 60 heavy (non-hydrogen) atoms. The maximum Gasteiger partial charge on any atom is 0.408 e. The number of rotatable bonds is 14. The van der Waals surface area contributed by atoms with Gasteiger partial charge in [0.05, 0.1) is 41.6 Å². The molecule has 3 amide bonds. The zero-order valence-corrected chi connectivity index (χ0v) is 38.1. The fourth-order valence-electron chi connectivity index (χ4n) is 7.97. The van der Waals surface area contributed by atoms with Gasteiger partial charge in [0, 0.05) is 34.7 Å². The molecule has 1 unspecified atom stereocenters. The number of aromatic nitrogens is 2. The third kappa shape index (κ3) is 9.19. The number of carbonyl (C=O) groups excluding carboxylic acids is 4. The number of ketones is 1. The lowest BCUT2D eigenvalue weighted by molar-refractivity contribution is -0.143. The Kier molecular flexibility index (Phi) is 12.3. The van der Waals surface area contributed by atoms with Crippen molar-refractivity contribution in [1.29, 1.82) is 0 Å². The average Bonchev–Trinajstić information content (AvgIpc) is 4.05. The van der Waals surface area contributed by atoms with Crippen molar-refractivity contribution >= 4 is 56.0 Å². The highest BCUT2D eigenvalue weighted by molar-refractivity contribution is 7.90. The van der Waals surface area contributed by atoms with E-state index in [4.69, 9.17) is 24.2 Å². The summed E-state index contributed by atoms with van der Waals surface area (Å²) in [7, 11) is -2.30. The number of carbonyl (C=O) groups is 4. The molecule has 3 aromatic rings. The van der Waals surface area contributed by atoms with Gasteiger partial charge in [0.25, 0.3) is 0 Å². The second-order valence-electron chi connectivity index (χ2n) is 18.9. The minimum atomic E-state index is -3.90. The maximum atomic E-state index is 14.9. The van der Waals surface area contributed by atoms with Crippen molar-refractivity contribution in [3.8, 4) is 22.2 Å². The van der Waals surface area contributed by atoms with Crippen LogP contribution in [0.15, 0.2) is 36.2 Å². The minimum Gasteiger partial charge on any atom is -0.496 e. The monoisotopic (exact) mass is 865 g/mol. The van der Waals surface area contributed by atoms with Gasteiger partial charge in [-0.25, -0.2) is 23.2 Å². The number of sulfonamides is 1. The molecule has 0 spiro atoms. The quantitative estimate of drug-likeness (QED) is 0.158. The van der Waals surface area contributed by atoms with Gasteiger partial charge in [-0.1, -0.05) is 47.6 Å². The molecule has 16 heteroatoms. The van der Waals surface area contributed by atoms with Crippen molar-refractivity contribution in [3.05, 3.63) is 47.5 Å². The van der Waals surface area contributed by atoms with Crippen LogP contribution in [0.25, 0.3) is 21.6 Å². The Bertz CT molecular complexity index is 2310. The number of likely N-dealkylation sites (tertiary alicyclic amines) is 1. The fourth-order valence-corrected chi connectivity index (χ4v) is 10.3. The van der Waals surface area contributed by atoms with E-state index in [1.165, 1.54) is 16.2 Å². The Balaban J connectivity index is 1.40. The van der Waals surface area contributed by atoms with Crippen molar-refractivity contribution in [2.45, 2.75) is 130 Å². The molecule has 6 atom stereocenters. The van der Waals surface area contributed by atoms with Gasteiger partial charge in [-0.3, -0.25) is 19.1 Å². The Morgan fingerprint density at radius 3 is 2.32 bits per heavy atom. The molecule has 0 bridgehead atoms. The number of nitrogens with zero attached hydrogens (tertiary/aromatic N) is 3. The smallest absolute Gasteiger partial charge is 0.408 e. The van der Waals surface area contributed by atoms with Gasteiger partial charge in [0.2, 0.25) is 21.8 Å². The van der Waals surface area contributed by atoms with Gasteiger partial charge in [0.15, 0.2) is 5.78 Å².